The maximum absolute atomic E-state index is 11.4. The van der Waals surface area contributed by atoms with Crippen molar-refractivity contribution in [3.63, 3.8) is 0 Å². The summed E-state index contributed by atoms with van der Waals surface area (Å²) in [5.41, 5.74) is 6.00. The average molecular weight is 256 g/mol. The molecule has 0 atom stereocenters. The van der Waals surface area contributed by atoms with Crippen molar-refractivity contribution in [2.24, 2.45) is 5.73 Å². The predicted molar refractivity (Wildman–Crippen MR) is 65.9 cm³/mol. The molecule has 0 fully saturated rings. The first kappa shape index (κ1) is 11.3. The first-order chi connectivity index (χ1) is 7.70. The number of hydrogen-bond donors (Lipinski definition) is 1. The fourth-order valence-electron chi connectivity index (χ4n) is 1.31. The quantitative estimate of drug-likeness (QED) is 0.906. The van der Waals surface area contributed by atoms with E-state index in [1.807, 2.05) is 12.1 Å². The van der Waals surface area contributed by atoms with Crippen molar-refractivity contribution >= 4 is 22.9 Å². The smallest absolute Gasteiger partial charge is 0.266 e. The minimum Gasteiger partial charge on any atom is -0.329 e. The Morgan fingerprint density at radius 1 is 1.38 bits per heavy atom. The van der Waals surface area contributed by atoms with Crippen molar-refractivity contribution in [1.29, 1.82) is 0 Å². The molecule has 4 nitrogen and oxygen atoms in total. The number of thiophene rings is 1. The summed E-state index contributed by atoms with van der Waals surface area (Å²) < 4.78 is 2.07. The molecule has 0 unspecified atom stereocenters. The van der Waals surface area contributed by atoms with Gasteiger partial charge in [-0.3, -0.25) is 4.79 Å². The van der Waals surface area contributed by atoms with Crippen molar-refractivity contribution in [2.45, 2.75) is 6.54 Å². The van der Waals surface area contributed by atoms with Crippen LogP contribution in [0.4, 0.5) is 0 Å². The summed E-state index contributed by atoms with van der Waals surface area (Å²) in [6.07, 6.45) is 0. The van der Waals surface area contributed by atoms with Gasteiger partial charge in [0.15, 0.2) is 0 Å². The van der Waals surface area contributed by atoms with Crippen LogP contribution in [0.2, 0.25) is 4.34 Å². The highest BCUT2D eigenvalue weighted by atomic mass is 35.5. The van der Waals surface area contributed by atoms with Gasteiger partial charge in [-0.1, -0.05) is 11.6 Å². The van der Waals surface area contributed by atoms with Gasteiger partial charge in [0.1, 0.15) is 5.69 Å². The van der Waals surface area contributed by atoms with E-state index < -0.39 is 0 Å². The molecule has 0 aromatic carbocycles. The van der Waals surface area contributed by atoms with E-state index in [0.717, 1.165) is 10.6 Å². The second kappa shape index (κ2) is 4.78. The molecule has 2 aromatic heterocycles. The third kappa shape index (κ3) is 2.32. The standard InChI is InChI=1S/C10H10ClN3OS/c11-9-3-2-8(16-9)7-1-4-10(15)14(13-7)6-5-12/h1-4H,5-6,12H2. The lowest BCUT2D eigenvalue weighted by molar-refractivity contribution is 0.590. The van der Waals surface area contributed by atoms with Crippen molar-refractivity contribution in [2.75, 3.05) is 6.54 Å². The second-order valence-corrected chi connectivity index (χ2v) is 4.89. The number of rotatable bonds is 3. The maximum Gasteiger partial charge on any atom is 0.266 e. The Bertz CT molecular complexity index is 549. The van der Waals surface area contributed by atoms with E-state index in [9.17, 15) is 4.79 Å². The van der Waals surface area contributed by atoms with E-state index in [0.29, 0.717) is 17.4 Å². The van der Waals surface area contributed by atoms with Crippen LogP contribution in [0, 0.1) is 0 Å². The summed E-state index contributed by atoms with van der Waals surface area (Å²) in [6.45, 7) is 0.813. The molecule has 16 heavy (non-hydrogen) atoms. The van der Waals surface area contributed by atoms with Crippen molar-refractivity contribution in [3.8, 4) is 10.6 Å². The summed E-state index contributed by atoms with van der Waals surface area (Å²) in [5, 5.41) is 4.22. The Labute approximate surface area is 101 Å². The van der Waals surface area contributed by atoms with E-state index in [1.165, 1.54) is 22.1 Å². The molecule has 0 saturated heterocycles. The zero-order chi connectivity index (χ0) is 11.5. The molecule has 2 N–H and O–H groups in total. The van der Waals surface area contributed by atoms with Gasteiger partial charge in [0, 0.05) is 12.6 Å². The lowest BCUT2D eigenvalue weighted by Gasteiger charge is -2.03. The summed E-state index contributed by atoms with van der Waals surface area (Å²) in [5.74, 6) is 0. The first-order valence-corrected chi connectivity index (χ1v) is 5.94. The molecule has 0 spiro atoms. The fourth-order valence-corrected chi connectivity index (χ4v) is 2.32. The van der Waals surface area contributed by atoms with E-state index in [1.54, 1.807) is 6.07 Å². The van der Waals surface area contributed by atoms with Gasteiger partial charge >= 0.3 is 0 Å². The summed E-state index contributed by atoms with van der Waals surface area (Å²) in [7, 11) is 0. The van der Waals surface area contributed by atoms with Gasteiger partial charge in [0.2, 0.25) is 0 Å². The number of nitrogens with two attached hydrogens (primary N) is 1. The molecule has 0 aliphatic carbocycles. The maximum atomic E-state index is 11.4. The van der Waals surface area contributed by atoms with Crippen LogP contribution in [-0.4, -0.2) is 16.3 Å². The Kier molecular flexibility index (Phi) is 3.38. The van der Waals surface area contributed by atoms with Crippen LogP contribution < -0.4 is 11.3 Å². The molecule has 0 aliphatic rings. The van der Waals surface area contributed by atoms with E-state index in [4.69, 9.17) is 17.3 Å². The molecule has 6 heteroatoms. The topological polar surface area (TPSA) is 60.9 Å². The average Bonchev–Trinajstić information content (AvgIpc) is 2.69. The van der Waals surface area contributed by atoms with Gasteiger partial charge in [-0.05, 0) is 18.2 Å². The minimum absolute atomic E-state index is 0.142. The van der Waals surface area contributed by atoms with Crippen LogP contribution in [0.25, 0.3) is 10.6 Å². The Morgan fingerprint density at radius 3 is 2.81 bits per heavy atom. The SMILES string of the molecule is NCCn1nc(-c2ccc(Cl)s2)ccc1=O. The largest absolute Gasteiger partial charge is 0.329 e. The van der Waals surface area contributed by atoms with Crippen LogP contribution >= 0.6 is 22.9 Å². The molecule has 2 heterocycles. The highest BCUT2D eigenvalue weighted by Gasteiger charge is 2.05. The molecule has 0 aliphatic heterocycles. The first-order valence-electron chi connectivity index (χ1n) is 4.74. The number of hydrogen-bond acceptors (Lipinski definition) is 4. The number of nitrogens with zero attached hydrogens (tertiary/aromatic N) is 2. The number of aromatic nitrogens is 2. The Hall–Kier alpha value is -1.17. The molecule has 2 rings (SSSR count). The van der Waals surface area contributed by atoms with E-state index in [-0.39, 0.29) is 5.56 Å². The van der Waals surface area contributed by atoms with Gasteiger partial charge in [-0.25, -0.2) is 4.68 Å². The van der Waals surface area contributed by atoms with Crippen LogP contribution in [-0.2, 0) is 6.54 Å². The summed E-state index contributed by atoms with van der Waals surface area (Å²) in [4.78, 5) is 12.4. The molecule has 0 saturated carbocycles. The lowest BCUT2D eigenvalue weighted by atomic mass is 10.3. The van der Waals surface area contributed by atoms with Gasteiger partial charge < -0.3 is 5.73 Å². The lowest BCUT2D eigenvalue weighted by Crippen LogP contribution is -2.25. The summed E-state index contributed by atoms with van der Waals surface area (Å²) in [6, 6.07) is 6.87. The molecular formula is C10H10ClN3OS. The van der Waals surface area contributed by atoms with Crippen molar-refractivity contribution in [1.82, 2.24) is 9.78 Å². The Morgan fingerprint density at radius 2 is 2.19 bits per heavy atom. The monoisotopic (exact) mass is 255 g/mol. The number of halogens is 1. The predicted octanol–water partition coefficient (Wildman–Crippen LogP) is 1.58. The second-order valence-electron chi connectivity index (χ2n) is 3.17. The van der Waals surface area contributed by atoms with Gasteiger partial charge in [0.25, 0.3) is 5.56 Å². The highest BCUT2D eigenvalue weighted by Crippen LogP contribution is 2.28. The third-order valence-corrected chi connectivity index (χ3v) is 3.29. The van der Waals surface area contributed by atoms with E-state index >= 15 is 0 Å². The Balaban J connectivity index is 2.43. The van der Waals surface area contributed by atoms with Crippen molar-refractivity contribution < 1.29 is 0 Å². The molecule has 0 amide bonds. The van der Waals surface area contributed by atoms with Gasteiger partial charge in [-0.15, -0.1) is 11.3 Å². The van der Waals surface area contributed by atoms with E-state index in [2.05, 4.69) is 5.10 Å². The van der Waals surface area contributed by atoms with Crippen molar-refractivity contribution in [3.05, 3.63) is 39.0 Å². The molecule has 84 valence electrons. The van der Waals surface area contributed by atoms with Gasteiger partial charge in [0.05, 0.1) is 15.8 Å². The molecule has 2 aromatic rings. The molecule has 0 bridgehead atoms. The molecule has 0 radical (unpaired) electrons. The van der Waals surface area contributed by atoms with Gasteiger partial charge in [-0.2, -0.15) is 5.10 Å². The van der Waals surface area contributed by atoms with Crippen LogP contribution in [0.1, 0.15) is 0 Å². The molecular weight excluding hydrogens is 246 g/mol. The minimum atomic E-state index is -0.142. The highest BCUT2D eigenvalue weighted by molar-refractivity contribution is 7.19. The zero-order valence-corrected chi connectivity index (χ0v) is 9.96. The fraction of sp³-hybridized carbons (Fsp3) is 0.200. The zero-order valence-electron chi connectivity index (χ0n) is 8.39. The summed E-state index contributed by atoms with van der Waals surface area (Å²) >= 11 is 7.27. The van der Waals surface area contributed by atoms with Crippen LogP contribution in [0.3, 0.4) is 0 Å². The van der Waals surface area contributed by atoms with Crippen LogP contribution in [0.5, 0.6) is 0 Å². The normalized spacial score (nSPS) is 10.6. The van der Waals surface area contributed by atoms with Crippen LogP contribution in [0.15, 0.2) is 29.1 Å². The third-order valence-electron chi connectivity index (χ3n) is 2.03.